The molecule has 0 spiro atoms. The monoisotopic (exact) mass is 307 g/mol. The van der Waals surface area contributed by atoms with Gasteiger partial charge in [0.25, 0.3) is 0 Å². The summed E-state index contributed by atoms with van der Waals surface area (Å²) >= 11 is 0. The lowest BCUT2D eigenvalue weighted by Gasteiger charge is -2.26. The molecule has 2 aromatic rings. The van der Waals surface area contributed by atoms with E-state index < -0.39 is 0 Å². The summed E-state index contributed by atoms with van der Waals surface area (Å²) in [5.74, 6) is 0.0871. The Morgan fingerprint density at radius 2 is 2.19 bits per heavy atom. The first-order chi connectivity index (χ1) is 9.63. The predicted molar refractivity (Wildman–Crippen MR) is 89.2 cm³/mol. The predicted octanol–water partition coefficient (Wildman–Crippen LogP) is 3.37. The van der Waals surface area contributed by atoms with Crippen LogP contribution in [0.5, 0.6) is 0 Å². The maximum absolute atomic E-state index is 12.5. The second-order valence-corrected chi connectivity index (χ2v) is 5.67. The van der Waals surface area contributed by atoms with Gasteiger partial charge in [-0.15, -0.1) is 12.4 Å². The van der Waals surface area contributed by atoms with Gasteiger partial charge in [-0.25, -0.2) is 0 Å². The largest absolute Gasteiger partial charge is 0.359 e. The molecular weight excluding hydrogens is 286 g/mol. The second kappa shape index (κ2) is 6.08. The van der Waals surface area contributed by atoms with Crippen LogP contribution in [0, 0.1) is 6.92 Å². The zero-order valence-corrected chi connectivity index (χ0v) is 13.3. The van der Waals surface area contributed by atoms with Crippen molar-refractivity contribution >= 4 is 34.9 Å². The number of aromatic amines is 1. The fraction of sp³-hybridized carbons (Fsp3) is 0.438. The molecule has 1 saturated heterocycles. The number of carbonyl (C=O) groups excluding carboxylic acids is 1. The molecule has 0 bridgehead atoms. The van der Waals surface area contributed by atoms with Gasteiger partial charge in [0.1, 0.15) is 0 Å². The minimum absolute atomic E-state index is 0. The second-order valence-electron chi connectivity index (χ2n) is 5.67. The molecule has 1 unspecified atom stereocenters. The average Bonchev–Trinajstić information content (AvgIpc) is 3.04. The van der Waals surface area contributed by atoms with E-state index in [1.54, 1.807) is 0 Å². The molecule has 5 heteroatoms. The molecule has 1 fully saturated rings. The highest BCUT2D eigenvalue weighted by atomic mass is 35.5. The van der Waals surface area contributed by atoms with E-state index in [0.717, 1.165) is 48.1 Å². The Morgan fingerprint density at radius 1 is 1.38 bits per heavy atom. The van der Waals surface area contributed by atoms with Gasteiger partial charge in [-0.1, -0.05) is 6.92 Å². The Bertz CT molecular complexity index is 644. The van der Waals surface area contributed by atoms with Crippen molar-refractivity contribution in [3.05, 3.63) is 30.0 Å². The van der Waals surface area contributed by atoms with Gasteiger partial charge in [0.15, 0.2) is 0 Å². The van der Waals surface area contributed by atoms with Crippen LogP contribution >= 0.6 is 12.4 Å². The highest BCUT2D eigenvalue weighted by Gasteiger charge is 2.38. The lowest BCUT2D eigenvalue weighted by atomic mass is 9.93. The third kappa shape index (κ3) is 2.92. The van der Waals surface area contributed by atoms with Crippen molar-refractivity contribution in [2.45, 2.75) is 38.6 Å². The number of nitrogens with one attached hydrogen (secondary N) is 3. The van der Waals surface area contributed by atoms with Crippen LogP contribution < -0.4 is 10.6 Å². The Balaban J connectivity index is 0.00000161. The minimum Gasteiger partial charge on any atom is -0.359 e. The Morgan fingerprint density at radius 3 is 2.86 bits per heavy atom. The van der Waals surface area contributed by atoms with Gasteiger partial charge >= 0.3 is 0 Å². The summed E-state index contributed by atoms with van der Waals surface area (Å²) in [6.07, 6.45) is 2.81. The van der Waals surface area contributed by atoms with Crippen molar-refractivity contribution in [2.75, 3.05) is 11.9 Å². The number of rotatable bonds is 3. The van der Waals surface area contributed by atoms with Crippen LogP contribution in [0.3, 0.4) is 0 Å². The summed E-state index contributed by atoms with van der Waals surface area (Å²) in [7, 11) is 0. The third-order valence-corrected chi connectivity index (χ3v) is 4.30. The van der Waals surface area contributed by atoms with E-state index in [2.05, 4.69) is 28.6 Å². The highest BCUT2D eigenvalue weighted by molar-refractivity contribution is 5.99. The molecule has 0 radical (unpaired) electrons. The highest BCUT2D eigenvalue weighted by Crippen LogP contribution is 2.26. The summed E-state index contributed by atoms with van der Waals surface area (Å²) in [6.45, 7) is 5.03. The van der Waals surface area contributed by atoms with Crippen molar-refractivity contribution in [1.82, 2.24) is 10.3 Å². The van der Waals surface area contributed by atoms with Crippen molar-refractivity contribution < 1.29 is 4.79 Å². The van der Waals surface area contributed by atoms with Crippen molar-refractivity contribution in [2.24, 2.45) is 0 Å². The van der Waals surface area contributed by atoms with E-state index in [-0.39, 0.29) is 23.9 Å². The van der Waals surface area contributed by atoms with Crippen LogP contribution in [-0.2, 0) is 4.79 Å². The van der Waals surface area contributed by atoms with Gasteiger partial charge in [-0.05, 0) is 57.0 Å². The summed E-state index contributed by atoms with van der Waals surface area (Å²) in [5, 5.41) is 7.55. The van der Waals surface area contributed by atoms with Crippen LogP contribution in [0.15, 0.2) is 24.3 Å². The number of hydrogen-bond acceptors (Lipinski definition) is 2. The Kier molecular flexibility index (Phi) is 4.59. The molecule has 1 aliphatic heterocycles. The zero-order chi connectivity index (χ0) is 14.2. The van der Waals surface area contributed by atoms with Crippen LogP contribution in [0.1, 0.15) is 31.9 Å². The Hall–Kier alpha value is -1.52. The molecule has 1 aromatic heterocycles. The molecule has 1 aliphatic rings. The number of aromatic nitrogens is 1. The summed E-state index contributed by atoms with van der Waals surface area (Å²) in [4.78, 5) is 15.8. The lowest BCUT2D eigenvalue weighted by molar-refractivity contribution is -0.122. The van der Waals surface area contributed by atoms with Crippen LogP contribution in [0.25, 0.3) is 10.9 Å². The molecule has 3 N–H and O–H groups in total. The molecular formula is C16H22ClN3O. The number of amides is 1. The molecule has 1 amide bonds. The molecule has 114 valence electrons. The Labute approximate surface area is 131 Å². The number of fused-ring (bicyclic) bond motifs is 1. The molecule has 3 rings (SSSR count). The standard InChI is InChI=1S/C16H21N3O.ClH/c1-3-16(7-4-8-17-16)15(20)19-13-5-6-14-12(10-13)9-11(2)18-14;/h5-6,9-10,17-18H,3-4,7-8H2,1-2H3,(H,19,20);1H. The van der Waals surface area contributed by atoms with Crippen LogP contribution in [0.2, 0.25) is 0 Å². The fourth-order valence-electron chi connectivity index (χ4n) is 3.07. The van der Waals surface area contributed by atoms with Crippen molar-refractivity contribution in [3.63, 3.8) is 0 Å². The first kappa shape index (κ1) is 15.9. The summed E-state index contributed by atoms with van der Waals surface area (Å²) in [6, 6.07) is 8.08. The van der Waals surface area contributed by atoms with Crippen LogP contribution in [-0.4, -0.2) is 23.0 Å². The molecule has 0 saturated carbocycles. The van der Waals surface area contributed by atoms with Gasteiger partial charge in [-0.2, -0.15) is 0 Å². The number of hydrogen-bond donors (Lipinski definition) is 3. The van der Waals surface area contributed by atoms with Gasteiger partial charge in [0.2, 0.25) is 5.91 Å². The van der Waals surface area contributed by atoms with Crippen LogP contribution in [0.4, 0.5) is 5.69 Å². The van der Waals surface area contributed by atoms with E-state index >= 15 is 0 Å². The average molecular weight is 308 g/mol. The molecule has 0 aliphatic carbocycles. The molecule has 1 atom stereocenters. The van der Waals surface area contributed by atoms with E-state index in [0.29, 0.717) is 0 Å². The molecule has 21 heavy (non-hydrogen) atoms. The van der Waals surface area contributed by atoms with Gasteiger partial charge in [-0.3, -0.25) is 4.79 Å². The SMILES string of the molecule is CCC1(C(=O)Nc2ccc3[nH]c(C)cc3c2)CCCN1.Cl. The fourth-order valence-corrected chi connectivity index (χ4v) is 3.07. The van der Waals surface area contributed by atoms with E-state index in [1.807, 2.05) is 25.1 Å². The number of benzene rings is 1. The first-order valence-electron chi connectivity index (χ1n) is 7.29. The van der Waals surface area contributed by atoms with Gasteiger partial charge in [0, 0.05) is 22.3 Å². The van der Waals surface area contributed by atoms with Crippen molar-refractivity contribution in [3.8, 4) is 0 Å². The molecule has 4 nitrogen and oxygen atoms in total. The normalized spacial score (nSPS) is 21.2. The number of anilines is 1. The van der Waals surface area contributed by atoms with E-state index in [1.165, 1.54) is 0 Å². The summed E-state index contributed by atoms with van der Waals surface area (Å²) in [5.41, 5.74) is 2.71. The maximum Gasteiger partial charge on any atom is 0.244 e. The van der Waals surface area contributed by atoms with E-state index in [4.69, 9.17) is 0 Å². The zero-order valence-electron chi connectivity index (χ0n) is 12.5. The first-order valence-corrected chi connectivity index (χ1v) is 7.29. The lowest BCUT2D eigenvalue weighted by Crippen LogP contribution is -2.50. The maximum atomic E-state index is 12.5. The van der Waals surface area contributed by atoms with Gasteiger partial charge < -0.3 is 15.6 Å². The summed E-state index contributed by atoms with van der Waals surface area (Å²) < 4.78 is 0. The number of carbonyl (C=O) groups is 1. The third-order valence-electron chi connectivity index (χ3n) is 4.30. The molecule has 1 aromatic carbocycles. The smallest absolute Gasteiger partial charge is 0.244 e. The number of aryl methyl sites for hydroxylation is 1. The minimum atomic E-state index is -0.386. The molecule has 2 heterocycles. The number of H-pyrrole nitrogens is 1. The number of halogens is 1. The van der Waals surface area contributed by atoms with Crippen molar-refractivity contribution in [1.29, 1.82) is 0 Å². The topological polar surface area (TPSA) is 56.9 Å². The van der Waals surface area contributed by atoms with E-state index in [9.17, 15) is 4.79 Å². The van der Waals surface area contributed by atoms with Gasteiger partial charge in [0.05, 0.1) is 5.54 Å². The quantitative estimate of drug-likeness (QED) is 0.814.